The monoisotopic (exact) mass is 320 g/mol. The van der Waals surface area contributed by atoms with Crippen LogP contribution in [0.5, 0.6) is 0 Å². The fourth-order valence-electron chi connectivity index (χ4n) is 1.29. The first-order valence-corrected chi connectivity index (χ1v) is 7.18. The Kier molecular flexibility index (Phi) is 8.36. The van der Waals surface area contributed by atoms with Gasteiger partial charge in [0.05, 0.1) is 0 Å². The van der Waals surface area contributed by atoms with Gasteiger partial charge in [-0.3, -0.25) is 29.4 Å². The van der Waals surface area contributed by atoms with E-state index in [0.29, 0.717) is 0 Å². The van der Waals surface area contributed by atoms with Gasteiger partial charge in [0.2, 0.25) is 0 Å². The van der Waals surface area contributed by atoms with Gasteiger partial charge in [-0.15, -0.1) is 23.5 Å². The van der Waals surface area contributed by atoms with E-state index in [1.54, 1.807) is 23.5 Å². The summed E-state index contributed by atoms with van der Waals surface area (Å²) in [4.78, 5) is 0. The van der Waals surface area contributed by atoms with Crippen molar-refractivity contribution in [3.63, 3.8) is 0 Å². The fraction of sp³-hybridized carbons (Fsp3) is 0.154. The summed E-state index contributed by atoms with van der Waals surface area (Å²) in [5.74, 6) is 0.762. The summed E-state index contributed by atoms with van der Waals surface area (Å²) >= 11 is 3.41. The van der Waals surface area contributed by atoms with Crippen LogP contribution in [-0.4, -0.2) is 12.5 Å². The average Bonchev–Trinajstić information content (AvgIpc) is 2.96. The molecule has 0 saturated carbocycles. The van der Waals surface area contributed by atoms with Crippen molar-refractivity contribution in [2.24, 2.45) is 0 Å². The molecule has 0 aliphatic heterocycles. The van der Waals surface area contributed by atoms with Crippen LogP contribution in [0.4, 0.5) is 0 Å². The first-order chi connectivity index (χ1) is 7.83. The van der Waals surface area contributed by atoms with Crippen LogP contribution >= 0.6 is 23.5 Å². The molecular weight excluding hydrogens is 306 g/mol. The zero-order chi connectivity index (χ0) is 11.4. The van der Waals surface area contributed by atoms with Crippen molar-refractivity contribution in [2.45, 2.75) is 0 Å². The van der Waals surface area contributed by atoms with Gasteiger partial charge in [-0.05, 0) is 12.5 Å². The number of thioether (sulfide) groups is 2. The van der Waals surface area contributed by atoms with E-state index < -0.39 is 0 Å². The molecule has 0 bridgehead atoms. The van der Waals surface area contributed by atoms with E-state index in [9.17, 15) is 0 Å². The summed E-state index contributed by atoms with van der Waals surface area (Å²) in [5, 5.41) is 4.01. The molecule has 0 fully saturated rings. The van der Waals surface area contributed by atoms with Crippen LogP contribution in [0.25, 0.3) is 17.4 Å². The second-order valence-corrected chi connectivity index (χ2v) is 5.03. The molecule has 0 aliphatic carbocycles. The molecule has 2 rings (SSSR count). The quantitative estimate of drug-likeness (QED) is 0.479. The predicted octanol–water partition coefficient (Wildman–Crippen LogP) is 4.18. The minimum Gasteiger partial charge on any atom is -0.358 e. The maximum atomic E-state index is 5.25. The van der Waals surface area contributed by atoms with Crippen molar-refractivity contribution in [2.75, 3.05) is 12.5 Å². The van der Waals surface area contributed by atoms with Crippen LogP contribution in [0.3, 0.4) is 0 Å². The van der Waals surface area contributed by atoms with Gasteiger partial charge in [0.1, 0.15) is 0 Å². The van der Waals surface area contributed by atoms with Gasteiger partial charge >= 0.3 is 17.1 Å². The van der Waals surface area contributed by atoms with Crippen molar-refractivity contribution in [1.29, 1.82) is 0 Å². The van der Waals surface area contributed by atoms with Crippen LogP contribution in [-0.2, 0) is 17.1 Å². The predicted molar refractivity (Wildman–Crippen MR) is 77.7 cm³/mol. The molecule has 1 aromatic heterocycles. The first kappa shape index (κ1) is 17.5. The van der Waals surface area contributed by atoms with Crippen LogP contribution in [0.1, 0.15) is 5.69 Å². The topological polar surface area (TPSA) is 25.4 Å². The van der Waals surface area contributed by atoms with Crippen molar-refractivity contribution in [3.05, 3.63) is 47.7 Å². The third-order valence-corrected chi connectivity index (χ3v) is 4.10. The SMILES string of the molecule is CSC(=Cc1cc(-c2[c-]cc[cH-]2)[o+][n-]1)SC.[CH3-].[Fe+3]. The summed E-state index contributed by atoms with van der Waals surface area (Å²) in [6, 6.07) is 10.8. The van der Waals surface area contributed by atoms with E-state index in [0.717, 1.165) is 17.0 Å². The molecule has 1 radical (unpaired) electrons. The van der Waals surface area contributed by atoms with Gasteiger partial charge in [0.25, 0.3) is 0 Å². The Morgan fingerprint density at radius 1 is 1.44 bits per heavy atom. The van der Waals surface area contributed by atoms with E-state index in [4.69, 9.17) is 4.52 Å². The standard InChI is InChI=1S/C12H11NOS2.CH3.Fe/c1-15-12(16-2)8-10-7-11(14-13-10)9-5-3-4-6-9;;/h3-5,7-8H,1-2H3;1H3;/q-2;-1;+3. The van der Waals surface area contributed by atoms with E-state index >= 15 is 0 Å². The Morgan fingerprint density at radius 3 is 2.72 bits per heavy atom. The molecule has 0 aliphatic rings. The Bertz CT molecular complexity index is 471. The second-order valence-electron chi connectivity index (χ2n) is 3.07. The zero-order valence-electron chi connectivity index (χ0n) is 10.4. The van der Waals surface area contributed by atoms with E-state index in [1.165, 1.54) is 4.24 Å². The van der Waals surface area contributed by atoms with Crippen molar-refractivity contribution in [1.82, 2.24) is 5.16 Å². The Hall–Kier alpha value is -0.481. The summed E-state index contributed by atoms with van der Waals surface area (Å²) in [5.41, 5.74) is 1.80. The summed E-state index contributed by atoms with van der Waals surface area (Å²) < 4.78 is 6.47. The number of aromatic nitrogens is 1. The Morgan fingerprint density at radius 2 is 2.17 bits per heavy atom. The van der Waals surface area contributed by atoms with Crippen LogP contribution < -0.4 is 5.16 Å². The molecule has 0 unspecified atom stereocenters. The maximum absolute atomic E-state index is 5.25. The van der Waals surface area contributed by atoms with Gasteiger partial charge in [0, 0.05) is 4.24 Å². The largest absolute Gasteiger partial charge is 3.00 e. The van der Waals surface area contributed by atoms with E-state index in [1.807, 2.05) is 42.9 Å². The van der Waals surface area contributed by atoms with E-state index in [-0.39, 0.29) is 24.5 Å². The zero-order valence-corrected chi connectivity index (χ0v) is 13.1. The first-order valence-electron chi connectivity index (χ1n) is 4.73. The van der Waals surface area contributed by atoms with Gasteiger partial charge < -0.3 is 11.9 Å². The minimum absolute atomic E-state index is 0. The van der Waals surface area contributed by atoms with Crippen LogP contribution in [0, 0.1) is 13.5 Å². The van der Waals surface area contributed by atoms with Gasteiger partial charge in [0.15, 0.2) is 5.76 Å². The third-order valence-electron chi connectivity index (χ3n) is 2.06. The molecule has 0 N–H and O–H groups in total. The van der Waals surface area contributed by atoms with Crippen molar-refractivity contribution < 1.29 is 21.6 Å². The second kappa shape index (κ2) is 8.59. The molecule has 0 saturated heterocycles. The number of nitrogens with zero attached hydrogens (tertiary/aromatic N) is 1. The molecule has 97 valence electrons. The summed E-state index contributed by atoms with van der Waals surface area (Å²) in [6.45, 7) is 0. The molecule has 0 atom stereocenters. The minimum atomic E-state index is 0. The van der Waals surface area contributed by atoms with Crippen molar-refractivity contribution in [3.8, 4) is 11.3 Å². The average molecular weight is 320 g/mol. The van der Waals surface area contributed by atoms with Gasteiger partial charge in [-0.1, -0.05) is 17.8 Å². The molecule has 5 heteroatoms. The smallest absolute Gasteiger partial charge is 0.358 e. The van der Waals surface area contributed by atoms with Crippen LogP contribution in [0.15, 0.2) is 33.0 Å². The molecule has 1 heterocycles. The number of hydrogen-bond donors (Lipinski definition) is 0. The van der Waals surface area contributed by atoms with Crippen molar-refractivity contribution >= 4 is 29.6 Å². The molecule has 0 amide bonds. The van der Waals surface area contributed by atoms with E-state index in [2.05, 4.69) is 11.2 Å². The normalized spacial score (nSPS) is 9.22. The Balaban J connectivity index is 0.00000144. The molecular formula is C13H14FeNOS2. The number of rotatable bonds is 4. The summed E-state index contributed by atoms with van der Waals surface area (Å²) in [7, 11) is 0. The molecule has 1 aromatic carbocycles. The maximum Gasteiger partial charge on any atom is 3.00 e. The molecule has 18 heavy (non-hydrogen) atoms. The summed E-state index contributed by atoms with van der Waals surface area (Å²) in [6.07, 6.45) is 6.12. The molecule has 2 nitrogen and oxygen atoms in total. The molecule has 2 aromatic rings. The third kappa shape index (κ3) is 4.32. The Labute approximate surface area is 127 Å². The molecule has 0 spiro atoms. The van der Waals surface area contributed by atoms with Gasteiger partial charge in [-0.25, -0.2) is 0 Å². The fourth-order valence-corrected chi connectivity index (χ4v) is 2.43. The number of hydrogen-bond acceptors (Lipinski definition) is 2. The van der Waals surface area contributed by atoms with Gasteiger partial charge in [-0.2, -0.15) is 5.56 Å². The van der Waals surface area contributed by atoms with Crippen LogP contribution in [0.2, 0.25) is 0 Å².